The maximum absolute atomic E-state index is 12.1. The highest BCUT2D eigenvalue weighted by molar-refractivity contribution is 7.81. The van der Waals surface area contributed by atoms with Crippen LogP contribution in [0, 0.1) is 18.3 Å². The zero-order valence-corrected chi connectivity index (χ0v) is 16.2. The van der Waals surface area contributed by atoms with E-state index in [1.165, 1.54) is 0 Å². The van der Waals surface area contributed by atoms with Crippen LogP contribution in [0.3, 0.4) is 0 Å². The third-order valence-electron chi connectivity index (χ3n) is 4.10. The quantitative estimate of drug-likeness (QED) is 0.433. The summed E-state index contributed by atoms with van der Waals surface area (Å²) in [5.74, 6) is 1.29. The van der Waals surface area contributed by atoms with Gasteiger partial charge in [0.25, 0.3) is 0 Å². The Hall–Kier alpha value is -1.95. The number of nitrogens with zero attached hydrogens (tertiary/aromatic N) is 3. The summed E-state index contributed by atoms with van der Waals surface area (Å²) in [6.45, 7) is 1.36. The molecule has 0 saturated heterocycles. The van der Waals surface area contributed by atoms with Gasteiger partial charge in [-0.1, -0.05) is 29.7 Å². The first-order chi connectivity index (χ1) is 12.5. The van der Waals surface area contributed by atoms with Gasteiger partial charge in [-0.25, -0.2) is 9.67 Å². The molecule has 2 aliphatic rings. The molecule has 6 nitrogen and oxygen atoms in total. The van der Waals surface area contributed by atoms with Crippen molar-refractivity contribution in [2.45, 2.75) is 32.4 Å². The lowest BCUT2D eigenvalue weighted by atomic mass is 9.94. The topological polar surface area (TPSA) is 65.6 Å². The standard InChI is InChI=1S/C17H16ClN3O3S2/c1-2-9-24-14(22)10-11-12(18)5-6-13(15(11)25)19-16-20-7-3-4-8-21(20)17(23)26-16/h1,5-6,11H,3-4,7-10H2. The van der Waals surface area contributed by atoms with Gasteiger partial charge in [0.15, 0.2) is 6.61 Å². The average Bonchev–Trinajstić information content (AvgIpc) is 2.95. The number of ether oxygens (including phenoxy) is 1. The fourth-order valence-electron chi connectivity index (χ4n) is 2.81. The van der Waals surface area contributed by atoms with Crippen molar-refractivity contribution < 1.29 is 9.53 Å². The summed E-state index contributed by atoms with van der Waals surface area (Å²) in [4.78, 5) is 29.6. The number of fused-ring (bicyclic) bond motifs is 1. The molecule has 0 amide bonds. The van der Waals surface area contributed by atoms with Gasteiger partial charge in [0.05, 0.1) is 12.1 Å². The second kappa shape index (κ2) is 8.16. The first-order valence-corrected chi connectivity index (χ1v) is 9.67. The van der Waals surface area contributed by atoms with E-state index >= 15 is 0 Å². The van der Waals surface area contributed by atoms with E-state index in [4.69, 9.17) is 35.0 Å². The van der Waals surface area contributed by atoms with Gasteiger partial charge in [-0.2, -0.15) is 0 Å². The van der Waals surface area contributed by atoms with Crippen molar-refractivity contribution in [1.82, 2.24) is 9.36 Å². The molecule has 1 atom stereocenters. The summed E-state index contributed by atoms with van der Waals surface area (Å²) in [5, 5.41) is 0.450. The molecule has 0 aromatic carbocycles. The van der Waals surface area contributed by atoms with Crippen molar-refractivity contribution in [3.8, 4) is 12.3 Å². The van der Waals surface area contributed by atoms with Crippen molar-refractivity contribution >= 4 is 46.0 Å². The zero-order valence-electron chi connectivity index (χ0n) is 13.8. The van der Waals surface area contributed by atoms with Crippen LogP contribution in [0.2, 0.25) is 0 Å². The summed E-state index contributed by atoms with van der Waals surface area (Å²) in [5.41, 5.74) is 0.530. The molecular formula is C17H16ClN3O3S2. The Labute approximate surface area is 164 Å². The van der Waals surface area contributed by atoms with Gasteiger partial charge in [-0.3, -0.25) is 14.3 Å². The number of halogens is 1. The molecule has 3 rings (SSSR count). The van der Waals surface area contributed by atoms with E-state index < -0.39 is 11.9 Å². The van der Waals surface area contributed by atoms with Gasteiger partial charge in [0, 0.05) is 28.9 Å². The molecule has 9 heteroatoms. The molecule has 136 valence electrons. The lowest BCUT2D eigenvalue weighted by Crippen LogP contribution is -2.31. The van der Waals surface area contributed by atoms with Crippen molar-refractivity contribution in [1.29, 1.82) is 0 Å². The Morgan fingerprint density at radius 2 is 2.15 bits per heavy atom. The molecule has 0 N–H and O–H groups in total. The molecule has 2 heterocycles. The Kier molecular flexibility index (Phi) is 5.91. The molecule has 1 unspecified atom stereocenters. The van der Waals surface area contributed by atoms with Crippen molar-refractivity contribution in [3.63, 3.8) is 0 Å². The minimum atomic E-state index is -0.485. The molecule has 0 spiro atoms. The van der Waals surface area contributed by atoms with Crippen LogP contribution in [0.1, 0.15) is 19.3 Å². The molecule has 0 saturated carbocycles. The lowest BCUT2D eigenvalue weighted by Gasteiger charge is -2.20. The molecule has 1 aliphatic carbocycles. The van der Waals surface area contributed by atoms with Crippen LogP contribution in [-0.2, 0) is 22.6 Å². The van der Waals surface area contributed by atoms with Gasteiger partial charge in [0.2, 0.25) is 4.80 Å². The summed E-state index contributed by atoms with van der Waals surface area (Å²) in [6.07, 6.45) is 10.5. The van der Waals surface area contributed by atoms with Crippen LogP contribution in [0.5, 0.6) is 0 Å². The monoisotopic (exact) mass is 409 g/mol. The minimum absolute atomic E-state index is 0.0000469. The number of esters is 1. The molecule has 0 fully saturated rings. The maximum Gasteiger partial charge on any atom is 0.325 e. The van der Waals surface area contributed by atoms with Gasteiger partial charge in [-0.15, -0.1) is 6.42 Å². The highest BCUT2D eigenvalue weighted by Crippen LogP contribution is 2.29. The minimum Gasteiger partial charge on any atom is -0.452 e. The van der Waals surface area contributed by atoms with E-state index in [2.05, 4.69) is 10.9 Å². The fourth-order valence-corrected chi connectivity index (χ4v) is 4.34. The van der Waals surface area contributed by atoms with Crippen LogP contribution in [0.4, 0.5) is 0 Å². The number of hydrogen-bond acceptors (Lipinski definition) is 6. The number of thiocarbonyl (C=S) groups is 1. The van der Waals surface area contributed by atoms with Gasteiger partial charge in [0.1, 0.15) is 0 Å². The van der Waals surface area contributed by atoms with E-state index in [1.807, 2.05) is 4.68 Å². The Bertz CT molecular complexity index is 975. The molecule has 26 heavy (non-hydrogen) atoms. The van der Waals surface area contributed by atoms with E-state index in [-0.39, 0.29) is 17.9 Å². The Morgan fingerprint density at radius 3 is 2.88 bits per heavy atom. The second-order valence-corrected chi connectivity index (χ2v) is 7.60. The predicted molar refractivity (Wildman–Crippen MR) is 104 cm³/mol. The number of carbonyl (C=O) groups is 1. The first kappa shape index (κ1) is 18.8. The van der Waals surface area contributed by atoms with E-state index in [1.54, 1.807) is 16.8 Å². The van der Waals surface area contributed by atoms with Crippen LogP contribution in [0.15, 0.2) is 32.7 Å². The van der Waals surface area contributed by atoms with Crippen LogP contribution in [0.25, 0.3) is 0 Å². The number of allylic oxidation sites excluding steroid dienone is 4. The van der Waals surface area contributed by atoms with Crippen molar-refractivity contribution in [2.75, 3.05) is 6.61 Å². The van der Waals surface area contributed by atoms with E-state index in [9.17, 15) is 9.59 Å². The highest BCUT2D eigenvalue weighted by atomic mass is 35.5. The lowest BCUT2D eigenvalue weighted by molar-refractivity contribution is -0.142. The van der Waals surface area contributed by atoms with Crippen LogP contribution >= 0.6 is 35.2 Å². The summed E-state index contributed by atoms with van der Waals surface area (Å²) in [7, 11) is 0. The largest absolute Gasteiger partial charge is 0.452 e. The normalized spacial score (nSPS) is 20.1. The highest BCUT2D eigenvalue weighted by Gasteiger charge is 2.27. The Balaban J connectivity index is 1.88. The van der Waals surface area contributed by atoms with E-state index in [0.29, 0.717) is 26.9 Å². The number of terminal acetylenes is 1. The molecule has 0 bridgehead atoms. The fraction of sp³-hybridized carbons (Fsp3) is 0.412. The third-order valence-corrected chi connectivity index (χ3v) is 5.85. The molecule has 1 aromatic rings. The summed E-state index contributed by atoms with van der Waals surface area (Å²) < 4.78 is 8.49. The molecule has 1 aromatic heterocycles. The van der Waals surface area contributed by atoms with Gasteiger partial charge >= 0.3 is 10.8 Å². The summed E-state index contributed by atoms with van der Waals surface area (Å²) >= 11 is 12.8. The van der Waals surface area contributed by atoms with Crippen LogP contribution in [-0.4, -0.2) is 26.8 Å². The Morgan fingerprint density at radius 1 is 1.42 bits per heavy atom. The number of hydrogen-bond donors (Lipinski definition) is 0. The zero-order chi connectivity index (χ0) is 18.7. The SMILES string of the molecule is C#CCOC(=O)CC1C(=S)C(N=c2sc(=O)n3n2CCCC3)=CC=C1Cl. The van der Waals surface area contributed by atoms with Crippen LogP contribution < -0.4 is 9.67 Å². The predicted octanol–water partition coefficient (Wildman–Crippen LogP) is 1.98. The van der Waals surface area contributed by atoms with Gasteiger partial charge < -0.3 is 4.74 Å². The smallest absolute Gasteiger partial charge is 0.325 e. The number of rotatable bonds is 4. The number of aromatic nitrogens is 2. The maximum atomic E-state index is 12.1. The molecular weight excluding hydrogens is 394 g/mol. The van der Waals surface area contributed by atoms with E-state index in [0.717, 1.165) is 30.7 Å². The third kappa shape index (κ3) is 3.90. The average molecular weight is 410 g/mol. The molecule has 1 aliphatic heterocycles. The summed E-state index contributed by atoms with van der Waals surface area (Å²) in [6, 6.07) is 0. The van der Waals surface area contributed by atoms with Gasteiger partial charge in [-0.05, 0) is 36.3 Å². The second-order valence-electron chi connectivity index (χ2n) is 5.80. The number of carbonyl (C=O) groups excluding carboxylic acids is 1. The first-order valence-electron chi connectivity index (χ1n) is 8.07. The van der Waals surface area contributed by atoms with Crippen molar-refractivity contribution in [3.05, 3.63) is 37.4 Å². The molecule has 0 radical (unpaired) electrons. The van der Waals surface area contributed by atoms with Crippen molar-refractivity contribution in [2.24, 2.45) is 10.9 Å².